The maximum atomic E-state index is 12.0. The molecule has 22 heavy (non-hydrogen) atoms. The number of non-ortho nitro benzene ring substituents is 1. The van der Waals surface area contributed by atoms with Gasteiger partial charge in [0.05, 0.1) is 18.1 Å². The summed E-state index contributed by atoms with van der Waals surface area (Å²) < 4.78 is 5.24. The quantitative estimate of drug-likeness (QED) is 0.609. The number of ether oxygens (including phenoxy) is 1. The van der Waals surface area contributed by atoms with Gasteiger partial charge >= 0.3 is 0 Å². The summed E-state index contributed by atoms with van der Waals surface area (Å²) >= 11 is 0. The van der Waals surface area contributed by atoms with E-state index in [1.807, 2.05) is 4.90 Å². The fourth-order valence-electron chi connectivity index (χ4n) is 2.05. The number of nitro benzene ring substituents is 1. The van der Waals surface area contributed by atoms with Crippen LogP contribution < -0.4 is 15.8 Å². The van der Waals surface area contributed by atoms with Gasteiger partial charge in [-0.05, 0) is 6.07 Å². The lowest BCUT2D eigenvalue weighted by Gasteiger charge is -2.29. The van der Waals surface area contributed by atoms with Crippen LogP contribution in [0, 0.1) is 10.1 Å². The molecule has 0 unspecified atom stereocenters. The molecule has 1 fully saturated rings. The second-order valence-electron chi connectivity index (χ2n) is 4.73. The lowest BCUT2D eigenvalue weighted by atomic mass is 10.1. The summed E-state index contributed by atoms with van der Waals surface area (Å²) in [4.78, 5) is 35.2. The minimum Gasteiger partial charge on any atom is -0.378 e. The molecule has 1 aliphatic rings. The third kappa shape index (κ3) is 3.92. The van der Waals surface area contributed by atoms with Gasteiger partial charge in [0.25, 0.3) is 11.6 Å². The van der Waals surface area contributed by atoms with Gasteiger partial charge in [-0.2, -0.15) is 0 Å². The van der Waals surface area contributed by atoms with Gasteiger partial charge in [-0.25, -0.2) is 0 Å². The van der Waals surface area contributed by atoms with Crippen LogP contribution in [0.5, 0.6) is 0 Å². The lowest BCUT2D eigenvalue weighted by Crippen LogP contribution is -2.40. The molecule has 0 spiro atoms. The molecule has 2 amide bonds. The van der Waals surface area contributed by atoms with Crippen molar-refractivity contribution >= 4 is 23.2 Å². The molecule has 1 aromatic rings. The first-order valence-electron chi connectivity index (χ1n) is 6.66. The van der Waals surface area contributed by atoms with Gasteiger partial charge in [0.15, 0.2) is 0 Å². The largest absolute Gasteiger partial charge is 0.378 e. The van der Waals surface area contributed by atoms with E-state index >= 15 is 0 Å². The van der Waals surface area contributed by atoms with Crippen LogP contribution in [0.15, 0.2) is 18.2 Å². The Morgan fingerprint density at radius 1 is 1.23 bits per heavy atom. The molecular formula is C13H16N4O5. The predicted molar refractivity (Wildman–Crippen MR) is 77.4 cm³/mol. The number of hydrogen-bond acceptors (Lipinski definition) is 6. The number of nitro groups is 1. The molecule has 1 saturated heterocycles. The fraction of sp³-hybridized carbons (Fsp3) is 0.385. The summed E-state index contributed by atoms with van der Waals surface area (Å²) in [6.45, 7) is 3.47. The van der Waals surface area contributed by atoms with E-state index in [9.17, 15) is 19.7 Å². The van der Waals surface area contributed by atoms with Crippen LogP contribution in [-0.4, -0.2) is 43.0 Å². The maximum absolute atomic E-state index is 12.0. The van der Waals surface area contributed by atoms with Gasteiger partial charge in [-0.1, -0.05) is 0 Å². The number of rotatable bonds is 3. The molecule has 1 aromatic carbocycles. The Morgan fingerprint density at radius 2 is 1.91 bits per heavy atom. The van der Waals surface area contributed by atoms with E-state index in [-0.39, 0.29) is 11.3 Å². The first-order chi connectivity index (χ1) is 10.5. The molecule has 1 aliphatic heterocycles. The Balaban J connectivity index is 2.28. The van der Waals surface area contributed by atoms with Crippen LogP contribution in [0.4, 0.5) is 11.4 Å². The molecular weight excluding hydrogens is 292 g/mol. The van der Waals surface area contributed by atoms with Crippen molar-refractivity contribution in [3.63, 3.8) is 0 Å². The standard InChI is InChI=1S/C13H16N4O5/c1-9(18)14-15-13(19)10-6-11(8-12(7-10)17(20)21)16-2-4-22-5-3-16/h6-8H,2-5H2,1H3,(H,14,18)(H,15,19). The molecule has 0 aromatic heterocycles. The van der Waals surface area contributed by atoms with Gasteiger partial charge < -0.3 is 9.64 Å². The highest BCUT2D eigenvalue weighted by Crippen LogP contribution is 2.24. The predicted octanol–water partition coefficient (Wildman–Crippen LogP) is 0.212. The maximum Gasteiger partial charge on any atom is 0.272 e. The molecule has 0 aliphatic carbocycles. The van der Waals surface area contributed by atoms with Gasteiger partial charge in [0.1, 0.15) is 0 Å². The molecule has 0 bridgehead atoms. The summed E-state index contributed by atoms with van der Waals surface area (Å²) in [5.74, 6) is -1.06. The molecule has 0 radical (unpaired) electrons. The monoisotopic (exact) mass is 308 g/mol. The van der Waals surface area contributed by atoms with E-state index in [2.05, 4.69) is 10.9 Å². The van der Waals surface area contributed by atoms with Gasteiger partial charge in [-0.3, -0.25) is 30.6 Å². The lowest BCUT2D eigenvalue weighted by molar-refractivity contribution is -0.384. The summed E-state index contributed by atoms with van der Waals surface area (Å²) in [5.41, 5.74) is 4.83. The van der Waals surface area contributed by atoms with Crippen molar-refractivity contribution in [3.05, 3.63) is 33.9 Å². The first-order valence-corrected chi connectivity index (χ1v) is 6.66. The molecule has 9 heteroatoms. The van der Waals surface area contributed by atoms with Crippen molar-refractivity contribution in [1.29, 1.82) is 0 Å². The van der Waals surface area contributed by atoms with E-state index < -0.39 is 16.7 Å². The molecule has 0 atom stereocenters. The minimum atomic E-state index is -0.617. The zero-order chi connectivity index (χ0) is 16.1. The molecule has 9 nitrogen and oxygen atoms in total. The SMILES string of the molecule is CC(=O)NNC(=O)c1cc(N2CCOCC2)cc([N+](=O)[O-])c1. The molecule has 1 heterocycles. The molecule has 0 saturated carbocycles. The number of nitrogens with one attached hydrogen (secondary N) is 2. The number of nitrogens with zero attached hydrogens (tertiary/aromatic N) is 2. The highest BCUT2D eigenvalue weighted by atomic mass is 16.6. The average Bonchev–Trinajstić information content (AvgIpc) is 2.52. The van der Waals surface area contributed by atoms with Crippen LogP contribution in [0.1, 0.15) is 17.3 Å². The number of morpholine rings is 1. The third-order valence-corrected chi connectivity index (χ3v) is 3.10. The van der Waals surface area contributed by atoms with E-state index in [0.29, 0.717) is 32.0 Å². The van der Waals surface area contributed by atoms with Crippen LogP contribution in [0.25, 0.3) is 0 Å². The van der Waals surface area contributed by atoms with Crippen molar-refractivity contribution in [1.82, 2.24) is 10.9 Å². The van der Waals surface area contributed by atoms with Crippen LogP contribution in [0.2, 0.25) is 0 Å². The Bertz CT molecular complexity index is 598. The Hall–Kier alpha value is -2.68. The van der Waals surface area contributed by atoms with Crippen molar-refractivity contribution in [2.45, 2.75) is 6.92 Å². The van der Waals surface area contributed by atoms with Crippen molar-refractivity contribution in [3.8, 4) is 0 Å². The van der Waals surface area contributed by atoms with Crippen molar-refractivity contribution in [2.24, 2.45) is 0 Å². The van der Waals surface area contributed by atoms with Crippen molar-refractivity contribution < 1.29 is 19.2 Å². The number of carbonyl (C=O) groups excluding carboxylic acids is 2. The smallest absolute Gasteiger partial charge is 0.272 e. The van der Waals surface area contributed by atoms with Crippen LogP contribution in [0.3, 0.4) is 0 Å². The number of hydrazine groups is 1. The number of hydrogen-bond donors (Lipinski definition) is 2. The Kier molecular flexibility index (Phi) is 4.89. The normalized spacial score (nSPS) is 14.3. The van der Waals surface area contributed by atoms with E-state index in [1.165, 1.54) is 19.1 Å². The number of carbonyl (C=O) groups is 2. The summed E-state index contributed by atoms with van der Waals surface area (Å²) in [6.07, 6.45) is 0. The second-order valence-corrected chi connectivity index (χ2v) is 4.73. The van der Waals surface area contributed by atoms with E-state index in [0.717, 1.165) is 0 Å². The van der Waals surface area contributed by atoms with Crippen LogP contribution in [-0.2, 0) is 9.53 Å². The molecule has 2 rings (SSSR count). The Labute approximate surface area is 126 Å². The van der Waals surface area contributed by atoms with Crippen LogP contribution >= 0.6 is 0 Å². The summed E-state index contributed by atoms with van der Waals surface area (Å²) in [6, 6.07) is 4.14. The van der Waals surface area contributed by atoms with Gasteiger partial charge in [0.2, 0.25) is 5.91 Å². The van der Waals surface area contributed by atoms with E-state index in [4.69, 9.17) is 4.74 Å². The average molecular weight is 308 g/mol. The van der Waals surface area contributed by atoms with Gasteiger partial charge in [0, 0.05) is 43.4 Å². The first kappa shape index (κ1) is 15.7. The second kappa shape index (κ2) is 6.85. The summed E-state index contributed by atoms with van der Waals surface area (Å²) in [7, 11) is 0. The topological polar surface area (TPSA) is 114 Å². The third-order valence-electron chi connectivity index (χ3n) is 3.10. The zero-order valence-corrected chi connectivity index (χ0v) is 12.0. The molecule has 2 N–H and O–H groups in total. The van der Waals surface area contributed by atoms with E-state index in [1.54, 1.807) is 6.07 Å². The van der Waals surface area contributed by atoms with Gasteiger partial charge in [-0.15, -0.1) is 0 Å². The Morgan fingerprint density at radius 3 is 2.50 bits per heavy atom. The van der Waals surface area contributed by atoms with Crippen molar-refractivity contribution in [2.75, 3.05) is 31.2 Å². The fourth-order valence-corrected chi connectivity index (χ4v) is 2.05. The number of amides is 2. The number of anilines is 1. The zero-order valence-electron chi connectivity index (χ0n) is 12.0. The highest BCUT2D eigenvalue weighted by molar-refractivity contribution is 5.96. The minimum absolute atomic E-state index is 0.101. The highest BCUT2D eigenvalue weighted by Gasteiger charge is 2.19. The summed E-state index contributed by atoms with van der Waals surface area (Å²) in [5, 5.41) is 11.0. The molecule has 118 valence electrons. The number of benzene rings is 1.